The maximum Gasteiger partial charge on any atom is 0.266 e. The van der Waals surface area contributed by atoms with E-state index in [2.05, 4.69) is 15.0 Å². The van der Waals surface area contributed by atoms with E-state index in [1.54, 1.807) is 4.90 Å². The van der Waals surface area contributed by atoms with Gasteiger partial charge >= 0.3 is 0 Å². The molecule has 30 heavy (non-hydrogen) atoms. The number of aromatic nitrogens is 1. The van der Waals surface area contributed by atoms with E-state index < -0.39 is 32.2 Å². The summed E-state index contributed by atoms with van der Waals surface area (Å²) < 4.78 is 69.8. The second-order valence-electron chi connectivity index (χ2n) is 7.47. The molecular weight excluding hydrogens is 484 g/mol. The van der Waals surface area contributed by atoms with E-state index in [1.165, 1.54) is 6.20 Å². The van der Waals surface area contributed by atoms with Gasteiger partial charge in [-0.05, 0) is 31.5 Å². The first-order valence-electron chi connectivity index (χ1n) is 9.00. The first kappa shape index (κ1) is 21.9. The summed E-state index contributed by atoms with van der Waals surface area (Å²) in [4.78, 5) is 4.87. The van der Waals surface area contributed by atoms with E-state index in [1.807, 2.05) is 0 Å². The Morgan fingerprint density at radius 3 is 2.77 bits per heavy atom. The highest BCUT2D eigenvalue weighted by atomic mass is 35.5. The largest absolute Gasteiger partial charge is 0.382 e. The van der Waals surface area contributed by atoms with Gasteiger partial charge in [0.05, 0.1) is 23.5 Å². The highest BCUT2D eigenvalue weighted by Crippen LogP contribution is 2.46. The molecule has 0 unspecified atom stereocenters. The van der Waals surface area contributed by atoms with Gasteiger partial charge in [-0.25, -0.2) is 26.6 Å². The minimum atomic E-state index is -4.29. The van der Waals surface area contributed by atoms with Gasteiger partial charge in [0.2, 0.25) is 0 Å². The summed E-state index contributed by atoms with van der Waals surface area (Å²) in [5.74, 6) is -3.80. The van der Waals surface area contributed by atoms with Gasteiger partial charge in [-0.3, -0.25) is 9.62 Å². The number of benzene rings is 1. The number of anilines is 2. The van der Waals surface area contributed by atoms with Crippen molar-refractivity contribution in [3.63, 3.8) is 0 Å². The van der Waals surface area contributed by atoms with Gasteiger partial charge in [-0.1, -0.05) is 34.5 Å². The molecule has 1 aromatic carbocycles. The monoisotopic (exact) mass is 500 g/mol. The molecule has 0 spiro atoms. The molecule has 0 saturated carbocycles. The molecule has 2 aliphatic rings. The summed E-state index contributed by atoms with van der Waals surface area (Å²) in [5, 5.41) is 2.88. The van der Waals surface area contributed by atoms with Gasteiger partial charge in [-0.2, -0.15) is 0 Å². The maximum atomic E-state index is 14.6. The zero-order valence-electron chi connectivity index (χ0n) is 15.4. The topological polar surface area (TPSA) is 74.3 Å². The Balaban J connectivity index is 1.53. The average molecular weight is 501 g/mol. The van der Waals surface area contributed by atoms with Gasteiger partial charge in [0.25, 0.3) is 15.9 Å². The third kappa shape index (κ3) is 4.22. The molecule has 1 atom stereocenters. The van der Waals surface area contributed by atoms with E-state index in [-0.39, 0.29) is 39.7 Å². The van der Waals surface area contributed by atoms with Crippen LogP contribution in [0.2, 0.25) is 9.36 Å². The van der Waals surface area contributed by atoms with Gasteiger partial charge in [0.1, 0.15) is 15.0 Å². The quantitative estimate of drug-likeness (QED) is 0.602. The van der Waals surface area contributed by atoms with Crippen LogP contribution >= 0.6 is 34.5 Å². The van der Waals surface area contributed by atoms with Crippen molar-refractivity contribution in [2.24, 2.45) is 0 Å². The van der Waals surface area contributed by atoms with E-state index in [4.69, 9.17) is 23.2 Å². The number of sulfonamides is 1. The van der Waals surface area contributed by atoms with Gasteiger partial charge < -0.3 is 5.32 Å². The number of nitrogens with zero attached hydrogens (tertiary/aromatic N) is 2. The summed E-state index contributed by atoms with van der Waals surface area (Å²) in [6, 6.07) is 1.93. The first-order chi connectivity index (χ1) is 14.0. The molecule has 2 fully saturated rings. The molecule has 3 heterocycles. The summed E-state index contributed by atoms with van der Waals surface area (Å²) >= 11 is 12.8. The standard InChI is InChI=1S/C17H17Cl2F3N4O2S2/c18-10-4-13(30(27,28)25-15-23-6-14(19)29-15)11(20)5-12(10)24-8-16-2-1-3-26(16)9-17(21,22)7-16/h4-6,24H,1-3,7-9H2,(H,23,25)/t16-/m1/s1. The SMILES string of the molecule is O=S(=O)(Nc1ncc(Cl)s1)c1cc(Cl)c(NC[C@]23CCCN2CC(F)(F)C3)cc1F. The van der Waals surface area contributed by atoms with E-state index >= 15 is 0 Å². The van der Waals surface area contributed by atoms with Crippen LogP contribution in [0.25, 0.3) is 0 Å². The van der Waals surface area contributed by atoms with Crippen molar-refractivity contribution in [3.05, 3.63) is 33.5 Å². The van der Waals surface area contributed by atoms with Crippen molar-refractivity contribution < 1.29 is 21.6 Å². The Morgan fingerprint density at radius 2 is 2.07 bits per heavy atom. The minimum absolute atomic E-state index is 0.0136. The Bertz CT molecular complexity index is 1080. The molecule has 0 aliphatic carbocycles. The molecule has 0 amide bonds. The lowest BCUT2D eigenvalue weighted by molar-refractivity contribution is 0.00976. The highest BCUT2D eigenvalue weighted by Gasteiger charge is 2.56. The van der Waals surface area contributed by atoms with Gasteiger partial charge in [0.15, 0.2) is 5.13 Å². The summed E-state index contributed by atoms with van der Waals surface area (Å²) in [6.45, 7) is 0.451. The fourth-order valence-electron chi connectivity index (χ4n) is 4.12. The van der Waals surface area contributed by atoms with Crippen LogP contribution in [0.1, 0.15) is 19.3 Å². The third-order valence-corrected chi connectivity index (χ3v) is 8.20. The van der Waals surface area contributed by atoms with Crippen molar-refractivity contribution in [2.75, 3.05) is 29.7 Å². The van der Waals surface area contributed by atoms with Crippen LogP contribution in [0.15, 0.2) is 23.2 Å². The molecule has 2 aromatic rings. The third-order valence-electron chi connectivity index (χ3n) is 5.37. The summed E-state index contributed by atoms with van der Waals surface area (Å²) in [7, 11) is -4.29. The van der Waals surface area contributed by atoms with Crippen LogP contribution in [0.5, 0.6) is 0 Å². The fourth-order valence-corrected chi connectivity index (χ4v) is 6.56. The van der Waals surface area contributed by atoms with Crippen LogP contribution in [-0.4, -0.2) is 49.4 Å². The Morgan fingerprint density at radius 1 is 1.30 bits per heavy atom. The average Bonchev–Trinajstić information content (AvgIpc) is 3.26. The molecule has 2 N–H and O–H groups in total. The van der Waals surface area contributed by atoms with Crippen LogP contribution < -0.4 is 10.0 Å². The van der Waals surface area contributed by atoms with Gasteiger partial charge in [-0.15, -0.1) is 0 Å². The number of alkyl halides is 2. The lowest BCUT2D eigenvalue weighted by Crippen LogP contribution is -2.44. The lowest BCUT2D eigenvalue weighted by Gasteiger charge is -2.32. The van der Waals surface area contributed by atoms with Crippen molar-refractivity contribution in [2.45, 2.75) is 35.6 Å². The second kappa shape index (κ2) is 7.70. The Hall–Kier alpha value is -1.27. The lowest BCUT2D eigenvalue weighted by atomic mass is 9.93. The molecule has 1 aromatic heterocycles. The van der Waals surface area contributed by atoms with Crippen LogP contribution in [0.4, 0.5) is 24.0 Å². The van der Waals surface area contributed by atoms with E-state index in [0.717, 1.165) is 29.9 Å². The molecule has 164 valence electrons. The number of thiazole rings is 1. The molecule has 13 heteroatoms. The molecule has 4 rings (SSSR count). The molecule has 0 radical (unpaired) electrons. The number of hydrogen-bond acceptors (Lipinski definition) is 6. The summed E-state index contributed by atoms with van der Waals surface area (Å²) in [5.41, 5.74) is -0.582. The zero-order valence-corrected chi connectivity index (χ0v) is 18.5. The highest BCUT2D eigenvalue weighted by molar-refractivity contribution is 7.93. The molecule has 0 bridgehead atoms. The number of hydrogen-bond donors (Lipinski definition) is 2. The summed E-state index contributed by atoms with van der Waals surface area (Å²) in [6.07, 6.45) is 2.39. The normalized spacial score (nSPS) is 23.5. The number of rotatable bonds is 6. The molecule has 2 saturated heterocycles. The molecule has 6 nitrogen and oxygen atoms in total. The minimum Gasteiger partial charge on any atom is -0.382 e. The van der Waals surface area contributed by atoms with Crippen molar-refractivity contribution in [3.8, 4) is 0 Å². The zero-order chi connectivity index (χ0) is 21.7. The first-order valence-corrected chi connectivity index (χ1v) is 12.1. The van der Waals surface area contributed by atoms with Gasteiger partial charge in [0, 0.05) is 18.5 Å². The molecular formula is C17H17Cl2F3N4O2S2. The van der Waals surface area contributed by atoms with Crippen molar-refractivity contribution >= 4 is 55.4 Å². The smallest absolute Gasteiger partial charge is 0.266 e. The number of halogens is 5. The fraction of sp³-hybridized carbons (Fsp3) is 0.471. The van der Waals surface area contributed by atoms with E-state index in [9.17, 15) is 21.6 Å². The predicted octanol–water partition coefficient (Wildman–Crippen LogP) is 4.68. The van der Waals surface area contributed by atoms with Crippen LogP contribution in [0.3, 0.4) is 0 Å². The number of nitrogens with one attached hydrogen (secondary N) is 2. The Kier molecular flexibility index (Phi) is 5.63. The number of fused-ring (bicyclic) bond motifs is 1. The van der Waals surface area contributed by atoms with Crippen LogP contribution in [-0.2, 0) is 10.0 Å². The van der Waals surface area contributed by atoms with Crippen molar-refractivity contribution in [1.82, 2.24) is 9.88 Å². The maximum absolute atomic E-state index is 14.6. The van der Waals surface area contributed by atoms with Crippen molar-refractivity contribution in [1.29, 1.82) is 0 Å². The van der Waals surface area contributed by atoms with E-state index in [0.29, 0.717) is 13.0 Å². The predicted molar refractivity (Wildman–Crippen MR) is 111 cm³/mol. The van der Waals surface area contributed by atoms with Crippen LogP contribution in [0, 0.1) is 5.82 Å². The Labute approximate surface area is 185 Å². The second-order valence-corrected chi connectivity index (χ2v) is 11.2. The molecule has 2 aliphatic heterocycles.